The Balaban J connectivity index is 0.000000301. The predicted molar refractivity (Wildman–Crippen MR) is 118 cm³/mol. The lowest BCUT2D eigenvalue weighted by Crippen LogP contribution is -2.33. The summed E-state index contributed by atoms with van der Waals surface area (Å²) in [6, 6.07) is 8.06. The molecule has 38 heavy (non-hydrogen) atoms. The van der Waals surface area contributed by atoms with E-state index in [4.69, 9.17) is 24.5 Å². The van der Waals surface area contributed by atoms with Crippen molar-refractivity contribution in [2.75, 3.05) is 13.7 Å². The maximum Gasteiger partial charge on any atom is 0.490 e. The molecule has 10 nitrogen and oxygen atoms in total. The van der Waals surface area contributed by atoms with Crippen molar-refractivity contribution in [2.45, 2.75) is 32.0 Å². The Morgan fingerprint density at radius 1 is 0.947 bits per heavy atom. The van der Waals surface area contributed by atoms with Gasteiger partial charge in [0.25, 0.3) is 0 Å². The smallest absolute Gasteiger partial charge is 0.481 e. The van der Waals surface area contributed by atoms with E-state index in [-0.39, 0.29) is 0 Å². The lowest BCUT2D eigenvalue weighted by molar-refractivity contribution is -0.193. The molecule has 0 fully saturated rings. The molecule has 16 heteroatoms. The Morgan fingerprint density at radius 3 is 2.05 bits per heavy atom. The number of ether oxygens (including phenoxy) is 1. The second-order valence-corrected chi connectivity index (χ2v) is 7.44. The molecule has 0 unspecified atom stereocenters. The standard InChI is InChI=1S/C18H19N5O.2C2HF3O2/c1-24-18-15(3-2-6-20-18)12-22-9-10-23-16(11-21-17(23)13-22)14-4-7-19-8-5-14;2*3-2(4,5)1(6)7/h2-8,11H,9-10,12-13H2,1H3;2*(H,6,7). The van der Waals surface area contributed by atoms with Crippen molar-refractivity contribution in [1.29, 1.82) is 0 Å². The maximum absolute atomic E-state index is 10.6. The number of hydrogen-bond donors (Lipinski definition) is 2. The molecular formula is C22H21F6N5O5. The number of alkyl halides is 6. The van der Waals surface area contributed by atoms with E-state index in [9.17, 15) is 26.3 Å². The second kappa shape index (κ2) is 12.8. The summed E-state index contributed by atoms with van der Waals surface area (Å²) in [5.41, 5.74) is 3.42. The Morgan fingerprint density at radius 2 is 1.53 bits per heavy atom. The molecule has 2 N–H and O–H groups in total. The van der Waals surface area contributed by atoms with Crippen molar-refractivity contribution in [3.63, 3.8) is 0 Å². The molecule has 3 aromatic rings. The highest BCUT2D eigenvalue weighted by atomic mass is 19.4. The molecule has 3 aromatic heterocycles. The molecule has 0 bridgehead atoms. The quantitative estimate of drug-likeness (QED) is 0.469. The highest BCUT2D eigenvalue weighted by Crippen LogP contribution is 2.25. The van der Waals surface area contributed by atoms with Gasteiger partial charge in [-0.25, -0.2) is 19.6 Å². The van der Waals surface area contributed by atoms with E-state index in [1.54, 1.807) is 13.3 Å². The van der Waals surface area contributed by atoms with Crippen molar-refractivity contribution in [3.8, 4) is 17.1 Å². The third kappa shape index (κ3) is 8.72. The van der Waals surface area contributed by atoms with Crippen LogP contribution in [0, 0.1) is 0 Å². The summed E-state index contributed by atoms with van der Waals surface area (Å²) in [7, 11) is 1.66. The molecule has 206 valence electrons. The fraction of sp³-hybridized carbons (Fsp3) is 0.318. The molecule has 0 saturated carbocycles. The highest BCUT2D eigenvalue weighted by Gasteiger charge is 2.38. The van der Waals surface area contributed by atoms with E-state index in [0.717, 1.165) is 48.8 Å². The van der Waals surface area contributed by atoms with Gasteiger partial charge in [0.1, 0.15) is 5.82 Å². The summed E-state index contributed by atoms with van der Waals surface area (Å²) in [6.07, 6.45) is -2.82. The number of nitrogens with zero attached hydrogens (tertiary/aromatic N) is 5. The summed E-state index contributed by atoms with van der Waals surface area (Å²) >= 11 is 0. The van der Waals surface area contributed by atoms with Crippen molar-refractivity contribution in [1.82, 2.24) is 24.4 Å². The molecule has 0 aliphatic carbocycles. The molecule has 0 aromatic carbocycles. The summed E-state index contributed by atoms with van der Waals surface area (Å²) in [5, 5.41) is 14.2. The van der Waals surface area contributed by atoms with E-state index < -0.39 is 24.3 Å². The first kappa shape index (κ1) is 30.0. The third-order valence-corrected chi connectivity index (χ3v) is 4.84. The molecule has 4 rings (SSSR count). The number of hydrogen-bond acceptors (Lipinski definition) is 7. The largest absolute Gasteiger partial charge is 0.490 e. The SMILES string of the molecule is COc1ncccc1CN1CCn2c(-c3ccncc3)cnc2C1.O=C(O)C(F)(F)F.O=C(O)C(F)(F)F. The van der Waals surface area contributed by atoms with Gasteiger partial charge in [0.15, 0.2) is 0 Å². The van der Waals surface area contributed by atoms with Gasteiger partial charge in [0.2, 0.25) is 5.88 Å². The Labute approximate surface area is 211 Å². The molecule has 4 heterocycles. The van der Waals surface area contributed by atoms with Crippen LogP contribution in [-0.4, -0.2) is 72.6 Å². The van der Waals surface area contributed by atoms with E-state index >= 15 is 0 Å². The van der Waals surface area contributed by atoms with E-state index in [1.165, 1.54) is 0 Å². The van der Waals surface area contributed by atoms with Crippen LogP contribution < -0.4 is 4.74 Å². The average Bonchev–Trinajstić information content (AvgIpc) is 3.28. The van der Waals surface area contributed by atoms with Crippen LogP contribution >= 0.6 is 0 Å². The fourth-order valence-electron chi connectivity index (χ4n) is 3.17. The minimum atomic E-state index is -5.08. The number of halogens is 6. The van der Waals surface area contributed by atoms with Crippen molar-refractivity contribution in [3.05, 3.63) is 60.4 Å². The van der Waals surface area contributed by atoms with Gasteiger partial charge in [-0.2, -0.15) is 26.3 Å². The maximum atomic E-state index is 10.6. The number of carbonyl (C=O) groups is 2. The van der Waals surface area contributed by atoms with Gasteiger partial charge in [0.05, 0.1) is 25.5 Å². The van der Waals surface area contributed by atoms with E-state index in [2.05, 4.69) is 30.5 Å². The van der Waals surface area contributed by atoms with Crippen LogP contribution in [0.4, 0.5) is 26.3 Å². The van der Waals surface area contributed by atoms with Crippen LogP contribution in [0.1, 0.15) is 11.4 Å². The average molecular weight is 549 g/mol. The van der Waals surface area contributed by atoms with Crippen LogP contribution in [0.5, 0.6) is 5.88 Å². The molecule has 0 saturated heterocycles. The topological polar surface area (TPSA) is 131 Å². The number of carboxylic acid groups (broad SMARTS) is 2. The van der Waals surface area contributed by atoms with Gasteiger partial charge in [-0.15, -0.1) is 0 Å². The molecule has 0 spiro atoms. The molecule has 1 aliphatic rings. The lowest BCUT2D eigenvalue weighted by Gasteiger charge is -2.28. The lowest BCUT2D eigenvalue weighted by atomic mass is 10.2. The van der Waals surface area contributed by atoms with Gasteiger partial charge in [0, 0.05) is 49.4 Å². The number of pyridine rings is 2. The molecule has 0 radical (unpaired) electrons. The number of rotatable bonds is 4. The first-order valence-electron chi connectivity index (χ1n) is 10.5. The monoisotopic (exact) mass is 549 g/mol. The van der Waals surface area contributed by atoms with Crippen molar-refractivity contribution >= 4 is 11.9 Å². The van der Waals surface area contributed by atoms with Crippen molar-refractivity contribution in [2.24, 2.45) is 0 Å². The Kier molecular flexibility index (Phi) is 10.1. The zero-order valence-electron chi connectivity index (χ0n) is 19.6. The fourth-order valence-corrected chi connectivity index (χ4v) is 3.17. The van der Waals surface area contributed by atoms with Gasteiger partial charge >= 0.3 is 24.3 Å². The molecular weight excluding hydrogens is 528 g/mol. The molecule has 1 aliphatic heterocycles. The predicted octanol–water partition coefficient (Wildman–Crippen LogP) is 3.63. The first-order valence-corrected chi connectivity index (χ1v) is 10.5. The van der Waals surface area contributed by atoms with Crippen molar-refractivity contribution < 1.29 is 50.9 Å². The zero-order chi connectivity index (χ0) is 28.5. The number of aliphatic carboxylic acids is 2. The van der Waals surface area contributed by atoms with Crippen LogP contribution in [-0.2, 0) is 29.2 Å². The van der Waals surface area contributed by atoms with E-state index in [0.29, 0.717) is 5.88 Å². The normalized spacial score (nSPS) is 13.2. The Bertz CT molecular complexity index is 1190. The summed E-state index contributed by atoms with van der Waals surface area (Å²) in [4.78, 5) is 33.1. The second-order valence-electron chi connectivity index (χ2n) is 7.44. The zero-order valence-corrected chi connectivity index (χ0v) is 19.6. The summed E-state index contributed by atoms with van der Waals surface area (Å²) in [5.74, 6) is -3.72. The van der Waals surface area contributed by atoms with Gasteiger partial charge in [-0.05, 0) is 18.2 Å². The minimum absolute atomic E-state index is 0.698. The summed E-state index contributed by atoms with van der Waals surface area (Å²) < 4.78 is 71.1. The molecule has 0 atom stereocenters. The van der Waals surface area contributed by atoms with Gasteiger partial charge in [-0.3, -0.25) is 9.88 Å². The van der Waals surface area contributed by atoms with Gasteiger partial charge in [-0.1, -0.05) is 6.07 Å². The minimum Gasteiger partial charge on any atom is -0.481 e. The van der Waals surface area contributed by atoms with Crippen LogP contribution in [0.2, 0.25) is 0 Å². The molecule has 0 amide bonds. The summed E-state index contributed by atoms with van der Waals surface area (Å²) in [6.45, 7) is 3.53. The van der Waals surface area contributed by atoms with Crippen LogP contribution in [0.25, 0.3) is 11.3 Å². The number of methoxy groups -OCH3 is 1. The van der Waals surface area contributed by atoms with Crippen LogP contribution in [0.3, 0.4) is 0 Å². The number of imidazole rings is 1. The van der Waals surface area contributed by atoms with E-state index in [1.807, 2.05) is 36.8 Å². The third-order valence-electron chi connectivity index (χ3n) is 4.84. The number of aromatic nitrogens is 4. The number of fused-ring (bicyclic) bond motifs is 1. The highest BCUT2D eigenvalue weighted by molar-refractivity contribution is 5.73. The van der Waals surface area contributed by atoms with Crippen LogP contribution in [0.15, 0.2) is 49.1 Å². The number of carboxylic acids is 2. The first-order chi connectivity index (χ1) is 17.7. The van der Waals surface area contributed by atoms with Gasteiger partial charge < -0.3 is 19.5 Å². The Hall–Kier alpha value is -4.21.